The van der Waals surface area contributed by atoms with Crippen molar-refractivity contribution in [1.82, 2.24) is 0 Å². The first kappa shape index (κ1) is 15.5. The fraction of sp³-hybridized carbons (Fsp3) is 0. The maximum Gasteiger partial charge on any atom is 0.335 e. The van der Waals surface area contributed by atoms with Crippen molar-refractivity contribution in [2.24, 2.45) is 0 Å². The summed E-state index contributed by atoms with van der Waals surface area (Å²) in [6.45, 7) is 0. The van der Waals surface area contributed by atoms with Crippen molar-refractivity contribution in [3.8, 4) is 6.07 Å². The third-order valence-corrected chi connectivity index (χ3v) is 5.78. The maximum atomic E-state index is 12.3. The molecule has 0 amide bonds. The number of carboxylic acids is 1. The van der Waals surface area contributed by atoms with Crippen LogP contribution in [0.5, 0.6) is 0 Å². The minimum absolute atomic E-state index is 0.148. The van der Waals surface area contributed by atoms with Crippen LogP contribution in [-0.4, -0.2) is 19.5 Å². The first-order valence-corrected chi connectivity index (χ1v) is 8.54. The molecule has 0 aliphatic carbocycles. The van der Waals surface area contributed by atoms with Crippen LogP contribution in [0.2, 0.25) is 0 Å². The summed E-state index contributed by atoms with van der Waals surface area (Å²) in [5.41, 5.74) is 0.0550. The molecular formula is C12H7BrN2O4S2. The highest BCUT2D eigenvalue weighted by Gasteiger charge is 2.21. The summed E-state index contributed by atoms with van der Waals surface area (Å²) in [7, 11) is -4.00. The monoisotopic (exact) mass is 386 g/mol. The van der Waals surface area contributed by atoms with Gasteiger partial charge in [-0.3, -0.25) is 4.72 Å². The molecule has 0 atom stereocenters. The zero-order valence-corrected chi connectivity index (χ0v) is 13.4. The zero-order chi connectivity index (χ0) is 15.6. The number of sulfonamides is 1. The van der Waals surface area contributed by atoms with Gasteiger partial charge in [-0.05, 0) is 45.6 Å². The average molecular weight is 387 g/mol. The Labute approximate surface area is 132 Å². The van der Waals surface area contributed by atoms with Gasteiger partial charge in [0.2, 0.25) is 0 Å². The summed E-state index contributed by atoms with van der Waals surface area (Å²) in [6, 6.07) is 7.05. The van der Waals surface area contributed by atoms with Crippen molar-refractivity contribution in [1.29, 1.82) is 5.26 Å². The number of benzene rings is 1. The van der Waals surface area contributed by atoms with Crippen LogP contribution in [0.3, 0.4) is 0 Å². The van der Waals surface area contributed by atoms with Crippen LogP contribution in [0.25, 0.3) is 0 Å². The van der Waals surface area contributed by atoms with Gasteiger partial charge in [0.25, 0.3) is 10.0 Å². The number of hydrogen-bond donors (Lipinski definition) is 2. The maximum absolute atomic E-state index is 12.3. The molecule has 6 nitrogen and oxygen atoms in total. The Morgan fingerprint density at radius 1 is 1.38 bits per heavy atom. The van der Waals surface area contributed by atoms with Gasteiger partial charge in [0.05, 0.1) is 11.1 Å². The highest BCUT2D eigenvalue weighted by atomic mass is 79.9. The lowest BCUT2D eigenvalue weighted by Gasteiger charge is -2.09. The Morgan fingerprint density at radius 3 is 2.71 bits per heavy atom. The number of anilines is 1. The van der Waals surface area contributed by atoms with Gasteiger partial charge in [-0.25, -0.2) is 13.2 Å². The Bertz CT molecular complexity index is 852. The first-order valence-electron chi connectivity index (χ1n) is 5.38. The van der Waals surface area contributed by atoms with Crippen LogP contribution in [0, 0.1) is 11.3 Å². The van der Waals surface area contributed by atoms with E-state index in [9.17, 15) is 13.2 Å². The largest absolute Gasteiger partial charge is 0.478 e. The summed E-state index contributed by atoms with van der Waals surface area (Å²) >= 11 is 4.15. The van der Waals surface area contributed by atoms with Crippen LogP contribution >= 0.6 is 27.3 Å². The lowest BCUT2D eigenvalue weighted by molar-refractivity contribution is 0.0696. The summed E-state index contributed by atoms with van der Waals surface area (Å²) in [5, 5.41) is 19.6. The van der Waals surface area contributed by atoms with Crippen LogP contribution in [-0.2, 0) is 10.0 Å². The molecule has 0 unspecified atom stereocenters. The number of nitrogens with zero attached hydrogens (tertiary/aromatic N) is 1. The molecule has 0 spiro atoms. The molecule has 108 valence electrons. The van der Waals surface area contributed by atoms with E-state index in [4.69, 9.17) is 10.4 Å². The molecule has 21 heavy (non-hydrogen) atoms. The van der Waals surface area contributed by atoms with Gasteiger partial charge in [0.1, 0.15) is 16.0 Å². The molecule has 1 aromatic carbocycles. The number of rotatable bonds is 4. The third kappa shape index (κ3) is 3.24. The van der Waals surface area contributed by atoms with E-state index < -0.39 is 16.0 Å². The number of hydrogen-bond acceptors (Lipinski definition) is 5. The fourth-order valence-corrected chi connectivity index (χ4v) is 4.55. The lowest BCUT2D eigenvalue weighted by atomic mass is 10.2. The Hall–Kier alpha value is -1.89. The molecule has 0 aliphatic rings. The standard InChI is InChI=1S/C12H7BrN2O4S2/c13-9-2-1-7(12(16)17)5-10(9)21(18,19)15-11-8(6-14)3-4-20-11/h1-5,15H,(H,16,17). The molecule has 9 heteroatoms. The van der Waals surface area contributed by atoms with Gasteiger partial charge in [-0.15, -0.1) is 11.3 Å². The molecule has 2 aromatic rings. The number of thiophene rings is 1. The van der Waals surface area contributed by atoms with Crippen molar-refractivity contribution < 1.29 is 18.3 Å². The quantitative estimate of drug-likeness (QED) is 0.839. The molecule has 0 bridgehead atoms. The van der Waals surface area contributed by atoms with E-state index in [1.807, 2.05) is 6.07 Å². The van der Waals surface area contributed by atoms with Crippen molar-refractivity contribution >= 4 is 48.3 Å². The predicted octanol–water partition coefficient (Wildman–Crippen LogP) is 2.88. The van der Waals surface area contributed by atoms with E-state index in [1.165, 1.54) is 18.2 Å². The Balaban J connectivity index is 2.47. The summed E-state index contributed by atoms with van der Waals surface area (Å²) in [4.78, 5) is 10.7. The average Bonchev–Trinajstić information content (AvgIpc) is 2.85. The smallest absolute Gasteiger partial charge is 0.335 e. The summed E-state index contributed by atoms with van der Waals surface area (Å²) < 4.78 is 27.2. The predicted molar refractivity (Wildman–Crippen MR) is 80.9 cm³/mol. The topological polar surface area (TPSA) is 107 Å². The normalized spacial score (nSPS) is 10.9. The second kappa shape index (κ2) is 5.85. The molecule has 0 saturated heterocycles. The molecule has 1 aromatic heterocycles. The first-order chi connectivity index (χ1) is 9.85. The van der Waals surface area contributed by atoms with Gasteiger partial charge < -0.3 is 5.11 Å². The van der Waals surface area contributed by atoms with Crippen LogP contribution < -0.4 is 4.72 Å². The Kier molecular flexibility index (Phi) is 4.32. The lowest BCUT2D eigenvalue weighted by Crippen LogP contribution is -2.14. The number of halogens is 1. The highest BCUT2D eigenvalue weighted by molar-refractivity contribution is 9.10. The number of carboxylic acid groups (broad SMARTS) is 1. The van der Waals surface area contributed by atoms with E-state index in [-0.39, 0.29) is 25.5 Å². The second-order valence-corrected chi connectivity index (χ2v) is 7.25. The SMILES string of the molecule is N#Cc1ccsc1NS(=O)(=O)c1cc(C(=O)O)ccc1Br. The van der Waals surface area contributed by atoms with Gasteiger partial charge >= 0.3 is 5.97 Å². The van der Waals surface area contributed by atoms with Gasteiger partial charge in [-0.2, -0.15) is 5.26 Å². The fourth-order valence-electron chi connectivity index (χ4n) is 1.50. The van der Waals surface area contributed by atoms with Gasteiger partial charge in [-0.1, -0.05) is 0 Å². The van der Waals surface area contributed by atoms with Crippen molar-refractivity contribution in [2.75, 3.05) is 4.72 Å². The van der Waals surface area contributed by atoms with Crippen molar-refractivity contribution in [3.63, 3.8) is 0 Å². The molecule has 0 saturated carbocycles. The van der Waals surface area contributed by atoms with Crippen LogP contribution in [0.15, 0.2) is 39.0 Å². The summed E-state index contributed by atoms with van der Waals surface area (Å²) in [5.74, 6) is -1.23. The van der Waals surface area contributed by atoms with Crippen LogP contribution in [0.4, 0.5) is 5.00 Å². The van der Waals surface area contributed by atoms with Crippen molar-refractivity contribution in [2.45, 2.75) is 4.90 Å². The van der Waals surface area contributed by atoms with E-state index in [0.29, 0.717) is 0 Å². The zero-order valence-electron chi connectivity index (χ0n) is 10.2. The van der Waals surface area contributed by atoms with Gasteiger partial charge in [0, 0.05) is 4.47 Å². The number of nitrogens with one attached hydrogen (secondary N) is 1. The molecule has 1 heterocycles. The van der Waals surface area contributed by atoms with E-state index in [2.05, 4.69) is 20.7 Å². The number of nitriles is 1. The van der Waals surface area contributed by atoms with Crippen LogP contribution in [0.1, 0.15) is 15.9 Å². The second-order valence-electron chi connectivity index (χ2n) is 3.83. The number of aromatic carboxylic acids is 1. The number of carbonyl (C=O) groups is 1. The minimum atomic E-state index is -4.00. The van der Waals surface area contributed by atoms with E-state index in [0.717, 1.165) is 17.4 Å². The highest BCUT2D eigenvalue weighted by Crippen LogP contribution is 2.29. The molecule has 0 radical (unpaired) electrons. The van der Waals surface area contributed by atoms with Crippen molar-refractivity contribution in [3.05, 3.63) is 45.2 Å². The van der Waals surface area contributed by atoms with Gasteiger partial charge in [0.15, 0.2) is 0 Å². The molecule has 2 rings (SSSR count). The molecule has 0 fully saturated rings. The third-order valence-electron chi connectivity index (χ3n) is 2.48. The van der Waals surface area contributed by atoms with E-state index >= 15 is 0 Å². The minimum Gasteiger partial charge on any atom is -0.478 e. The summed E-state index contributed by atoms with van der Waals surface area (Å²) in [6.07, 6.45) is 0. The van der Waals surface area contributed by atoms with E-state index in [1.54, 1.807) is 5.38 Å². The molecular weight excluding hydrogens is 380 g/mol. The Morgan fingerprint density at radius 2 is 2.10 bits per heavy atom. The molecule has 2 N–H and O–H groups in total. The molecule has 0 aliphatic heterocycles.